The van der Waals surface area contributed by atoms with Gasteiger partial charge in [-0.2, -0.15) is 0 Å². The fourth-order valence-electron chi connectivity index (χ4n) is 2.33. The normalized spacial score (nSPS) is 31.1. The van der Waals surface area contributed by atoms with E-state index in [1.165, 1.54) is 11.1 Å². The second-order valence-corrected chi connectivity index (χ2v) is 3.74. The van der Waals surface area contributed by atoms with Crippen LogP contribution in [0, 0.1) is 5.92 Å². The highest BCUT2D eigenvalue weighted by molar-refractivity contribution is 5.34. The number of benzene rings is 1. The number of rotatable bonds is 0. The van der Waals surface area contributed by atoms with Gasteiger partial charge in [0.2, 0.25) is 0 Å². The van der Waals surface area contributed by atoms with Gasteiger partial charge in [-0.1, -0.05) is 24.3 Å². The largest absolute Gasteiger partial charge is 0.355 e. The molecule has 0 radical (unpaired) electrons. The quantitative estimate of drug-likeness (QED) is 0.601. The minimum Gasteiger partial charge on any atom is -0.355 e. The monoisotopic (exact) mass is 176 g/mol. The Bertz CT molecular complexity index is 322. The molecule has 68 valence electrons. The predicted octanol–water partition coefficient (Wildman–Crippen LogP) is 1.90. The molecule has 0 bridgehead atoms. The van der Waals surface area contributed by atoms with Gasteiger partial charge >= 0.3 is 0 Å². The van der Waals surface area contributed by atoms with Gasteiger partial charge in [-0.3, -0.25) is 0 Å². The molecule has 2 aliphatic rings. The lowest BCUT2D eigenvalue weighted by atomic mass is 10.0. The van der Waals surface area contributed by atoms with Gasteiger partial charge in [0, 0.05) is 5.92 Å². The first-order valence-electron chi connectivity index (χ1n) is 4.72. The first-order chi connectivity index (χ1) is 6.45. The molecule has 1 aliphatic carbocycles. The molecule has 1 heterocycles. The van der Waals surface area contributed by atoms with E-state index in [4.69, 9.17) is 9.47 Å². The van der Waals surface area contributed by atoms with Crippen LogP contribution in [0.2, 0.25) is 0 Å². The number of hydrogen-bond acceptors (Lipinski definition) is 2. The molecule has 0 N–H and O–H groups in total. The van der Waals surface area contributed by atoms with Gasteiger partial charge in [0.1, 0.15) is 6.79 Å². The summed E-state index contributed by atoms with van der Waals surface area (Å²) >= 11 is 0. The molecule has 1 fully saturated rings. The minimum absolute atomic E-state index is 0.296. The number of fused-ring (bicyclic) bond motifs is 3. The molecule has 1 aromatic carbocycles. The van der Waals surface area contributed by atoms with E-state index in [1.54, 1.807) is 0 Å². The van der Waals surface area contributed by atoms with Crippen LogP contribution in [-0.4, -0.2) is 13.4 Å². The van der Waals surface area contributed by atoms with E-state index in [0.29, 0.717) is 18.8 Å². The second kappa shape index (κ2) is 2.82. The summed E-state index contributed by atoms with van der Waals surface area (Å²) in [5.74, 6) is 0.547. The van der Waals surface area contributed by atoms with Crippen molar-refractivity contribution in [2.75, 3.05) is 13.4 Å². The van der Waals surface area contributed by atoms with Crippen LogP contribution in [0.5, 0.6) is 0 Å². The summed E-state index contributed by atoms with van der Waals surface area (Å²) in [5.41, 5.74) is 2.80. The lowest BCUT2D eigenvalue weighted by Gasteiger charge is -2.26. The Labute approximate surface area is 77.5 Å². The van der Waals surface area contributed by atoms with Gasteiger partial charge in [-0.15, -0.1) is 0 Å². The van der Waals surface area contributed by atoms with Crippen molar-refractivity contribution in [3.05, 3.63) is 35.4 Å². The predicted molar refractivity (Wildman–Crippen MR) is 48.3 cm³/mol. The van der Waals surface area contributed by atoms with Crippen molar-refractivity contribution in [2.24, 2.45) is 5.92 Å². The van der Waals surface area contributed by atoms with E-state index >= 15 is 0 Å². The summed E-state index contributed by atoms with van der Waals surface area (Å²) in [7, 11) is 0. The molecule has 1 aromatic rings. The molecule has 0 spiro atoms. The van der Waals surface area contributed by atoms with E-state index < -0.39 is 0 Å². The van der Waals surface area contributed by atoms with Gasteiger partial charge in [-0.05, 0) is 17.5 Å². The summed E-state index contributed by atoms with van der Waals surface area (Å²) in [4.78, 5) is 0. The van der Waals surface area contributed by atoms with Crippen molar-refractivity contribution in [3.63, 3.8) is 0 Å². The zero-order valence-electron chi connectivity index (χ0n) is 7.40. The lowest BCUT2D eigenvalue weighted by Crippen LogP contribution is -2.24. The van der Waals surface area contributed by atoms with Crippen LogP contribution in [-0.2, 0) is 15.9 Å². The van der Waals surface area contributed by atoms with Crippen molar-refractivity contribution < 1.29 is 9.47 Å². The summed E-state index contributed by atoms with van der Waals surface area (Å²) in [6.07, 6.45) is 1.41. The molecule has 1 saturated heterocycles. The average Bonchev–Trinajstić information content (AvgIpc) is 2.56. The molecular weight excluding hydrogens is 164 g/mol. The fraction of sp³-hybridized carbons (Fsp3) is 0.455. The lowest BCUT2D eigenvalue weighted by molar-refractivity contribution is -0.166. The van der Waals surface area contributed by atoms with Gasteiger partial charge < -0.3 is 9.47 Å². The summed E-state index contributed by atoms with van der Waals surface area (Å²) in [6, 6.07) is 8.54. The van der Waals surface area contributed by atoms with Gasteiger partial charge in [-0.25, -0.2) is 0 Å². The average molecular weight is 176 g/mol. The zero-order valence-corrected chi connectivity index (χ0v) is 7.40. The van der Waals surface area contributed by atoms with E-state index in [2.05, 4.69) is 24.3 Å². The maximum Gasteiger partial charge on any atom is 0.147 e. The summed E-state index contributed by atoms with van der Waals surface area (Å²) < 4.78 is 10.9. The molecule has 2 nitrogen and oxygen atoms in total. The molecule has 13 heavy (non-hydrogen) atoms. The molecule has 2 atom stereocenters. The maximum absolute atomic E-state index is 5.61. The van der Waals surface area contributed by atoms with Crippen LogP contribution in [0.15, 0.2) is 24.3 Å². The molecule has 2 heteroatoms. The van der Waals surface area contributed by atoms with E-state index in [0.717, 1.165) is 13.0 Å². The van der Waals surface area contributed by atoms with Gasteiger partial charge in [0.05, 0.1) is 12.7 Å². The first-order valence-corrected chi connectivity index (χ1v) is 4.72. The zero-order chi connectivity index (χ0) is 8.67. The Morgan fingerprint density at radius 3 is 3.15 bits per heavy atom. The van der Waals surface area contributed by atoms with E-state index in [9.17, 15) is 0 Å². The maximum atomic E-state index is 5.61. The van der Waals surface area contributed by atoms with Crippen LogP contribution in [0.1, 0.15) is 17.2 Å². The Kier molecular flexibility index (Phi) is 1.64. The minimum atomic E-state index is 0.296. The molecule has 3 rings (SSSR count). The summed E-state index contributed by atoms with van der Waals surface area (Å²) in [6.45, 7) is 1.30. The smallest absolute Gasteiger partial charge is 0.147 e. The number of ether oxygens (including phenoxy) is 2. The molecule has 0 saturated carbocycles. The molecule has 0 amide bonds. The summed E-state index contributed by atoms with van der Waals surface area (Å²) in [5, 5.41) is 0. The van der Waals surface area contributed by atoms with Crippen LogP contribution < -0.4 is 0 Å². The standard InChI is InChI=1S/C11H12O2/c1-2-4-10-8(3-1)5-9-6-12-7-13-11(9)10/h1-4,9,11H,5-7H2/t9-,11+/m1/s1. The van der Waals surface area contributed by atoms with Crippen LogP contribution in [0.4, 0.5) is 0 Å². The van der Waals surface area contributed by atoms with Crippen molar-refractivity contribution >= 4 is 0 Å². The van der Waals surface area contributed by atoms with Crippen LogP contribution in [0.25, 0.3) is 0 Å². The van der Waals surface area contributed by atoms with Gasteiger partial charge in [0.25, 0.3) is 0 Å². The second-order valence-electron chi connectivity index (χ2n) is 3.74. The Morgan fingerprint density at radius 2 is 2.15 bits per heavy atom. The Hall–Kier alpha value is -0.860. The first kappa shape index (κ1) is 7.54. The third kappa shape index (κ3) is 1.10. The topological polar surface area (TPSA) is 18.5 Å². The van der Waals surface area contributed by atoms with Crippen LogP contribution in [0.3, 0.4) is 0 Å². The SMILES string of the molecule is c1ccc2c(c1)C[C@@H]1COCO[C@H]21. The highest BCUT2D eigenvalue weighted by atomic mass is 16.7. The number of hydrogen-bond donors (Lipinski definition) is 0. The highest BCUT2D eigenvalue weighted by Gasteiger charge is 2.35. The van der Waals surface area contributed by atoms with E-state index in [-0.39, 0.29) is 0 Å². The van der Waals surface area contributed by atoms with Crippen molar-refractivity contribution in [2.45, 2.75) is 12.5 Å². The molecule has 0 aromatic heterocycles. The highest BCUT2D eigenvalue weighted by Crippen LogP contribution is 2.40. The molecular formula is C11H12O2. The molecule has 0 unspecified atom stereocenters. The van der Waals surface area contributed by atoms with Crippen molar-refractivity contribution in [1.29, 1.82) is 0 Å². The van der Waals surface area contributed by atoms with Crippen molar-refractivity contribution in [1.82, 2.24) is 0 Å². The van der Waals surface area contributed by atoms with Crippen molar-refractivity contribution in [3.8, 4) is 0 Å². The van der Waals surface area contributed by atoms with Crippen LogP contribution >= 0.6 is 0 Å². The van der Waals surface area contributed by atoms with Gasteiger partial charge in [0.15, 0.2) is 0 Å². The Balaban J connectivity index is 2.01. The molecule has 1 aliphatic heterocycles. The van der Waals surface area contributed by atoms with E-state index in [1.807, 2.05) is 0 Å². The third-order valence-electron chi connectivity index (χ3n) is 2.93. The third-order valence-corrected chi connectivity index (χ3v) is 2.93. The Morgan fingerprint density at radius 1 is 1.23 bits per heavy atom. The fourth-order valence-corrected chi connectivity index (χ4v) is 2.33.